The summed E-state index contributed by atoms with van der Waals surface area (Å²) < 4.78 is 0. The number of aromatic nitrogens is 1. The van der Waals surface area contributed by atoms with Crippen molar-refractivity contribution in [3.63, 3.8) is 0 Å². The lowest BCUT2D eigenvalue weighted by molar-refractivity contribution is -0.120. The predicted molar refractivity (Wildman–Crippen MR) is 107 cm³/mol. The average Bonchev–Trinajstić information content (AvgIpc) is 3.07. The Morgan fingerprint density at radius 1 is 1.18 bits per heavy atom. The van der Waals surface area contributed by atoms with Gasteiger partial charge in [0.15, 0.2) is 5.78 Å². The summed E-state index contributed by atoms with van der Waals surface area (Å²) in [6.45, 7) is 4.10. The lowest BCUT2D eigenvalue weighted by Crippen LogP contribution is -2.45. The molecule has 0 saturated carbocycles. The number of aromatic amines is 1. The minimum absolute atomic E-state index is 0.00895. The first-order chi connectivity index (χ1) is 13.2. The fourth-order valence-electron chi connectivity index (χ4n) is 3.19. The SMILES string of the molecule is CC(C)(N)CNC(=O)Cc1ccc(NC(=O)c2c[nH]c3c2C(=O)CCC3)cc1. The van der Waals surface area contributed by atoms with Crippen LogP contribution >= 0.6 is 0 Å². The second kappa shape index (κ2) is 7.98. The van der Waals surface area contributed by atoms with Crippen molar-refractivity contribution < 1.29 is 14.4 Å². The molecule has 1 aromatic carbocycles. The molecule has 2 aromatic rings. The number of hydrogen-bond donors (Lipinski definition) is 4. The summed E-state index contributed by atoms with van der Waals surface area (Å²) in [6, 6.07) is 7.07. The van der Waals surface area contributed by atoms with Gasteiger partial charge in [-0.1, -0.05) is 12.1 Å². The Morgan fingerprint density at radius 2 is 1.89 bits per heavy atom. The van der Waals surface area contributed by atoms with Crippen LogP contribution in [0, 0.1) is 0 Å². The number of benzene rings is 1. The van der Waals surface area contributed by atoms with Gasteiger partial charge >= 0.3 is 0 Å². The first-order valence-electron chi connectivity index (χ1n) is 9.42. The molecule has 0 unspecified atom stereocenters. The smallest absolute Gasteiger partial charge is 0.257 e. The first-order valence-corrected chi connectivity index (χ1v) is 9.42. The highest BCUT2D eigenvalue weighted by molar-refractivity contribution is 6.13. The zero-order valence-corrected chi connectivity index (χ0v) is 16.2. The van der Waals surface area contributed by atoms with Crippen LogP contribution in [0.3, 0.4) is 0 Å². The highest BCUT2D eigenvalue weighted by atomic mass is 16.2. The molecule has 5 N–H and O–H groups in total. The molecular formula is C21H26N4O3. The van der Waals surface area contributed by atoms with E-state index in [2.05, 4.69) is 15.6 Å². The van der Waals surface area contributed by atoms with Gasteiger partial charge in [0.2, 0.25) is 5.91 Å². The minimum Gasteiger partial charge on any atom is -0.364 e. The molecule has 0 atom stereocenters. The van der Waals surface area contributed by atoms with Gasteiger partial charge in [-0.25, -0.2) is 0 Å². The number of carbonyl (C=O) groups excluding carboxylic acids is 3. The molecule has 0 fully saturated rings. The summed E-state index contributed by atoms with van der Waals surface area (Å²) in [5, 5.41) is 5.61. The Hall–Kier alpha value is -2.93. The van der Waals surface area contributed by atoms with Crippen molar-refractivity contribution in [3.8, 4) is 0 Å². The van der Waals surface area contributed by atoms with Crippen LogP contribution in [0.1, 0.15) is 58.7 Å². The summed E-state index contributed by atoms with van der Waals surface area (Å²) >= 11 is 0. The standard InChI is InChI=1S/C21H26N4O3/c1-21(2,22)12-24-18(27)10-13-6-8-14(9-7-13)25-20(28)15-11-23-16-4-3-5-17(26)19(15)16/h6-9,11,23H,3-5,10,12,22H2,1-2H3,(H,24,27)(H,25,28). The lowest BCUT2D eigenvalue weighted by Gasteiger charge is -2.18. The molecule has 0 aliphatic heterocycles. The first kappa shape index (κ1) is 19.8. The van der Waals surface area contributed by atoms with E-state index in [0.717, 1.165) is 24.1 Å². The molecule has 1 heterocycles. The molecule has 1 aliphatic rings. The number of rotatable bonds is 6. The summed E-state index contributed by atoms with van der Waals surface area (Å²) in [5.74, 6) is -0.411. The molecule has 28 heavy (non-hydrogen) atoms. The minimum atomic E-state index is -0.456. The number of carbonyl (C=O) groups is 3. The molecule has 0 saturated heterocycles. The molecule has 0 radical (unpaired) electrons. The van der Waals surface area contributed by atoms with Crippen molar-refractivity contribution in [1.29, 1.82) is 0 Å². The monoisotopic (exact) mass is 382 g/mol. The van der Waals surface area contributed by atoms with Gasteiger partial charge in [-0.2, -0.15) is 0 Å². The zero-order chi connectivity index (χ0) is 20.3. The molecule has 0 bridgehead atoms. The van der Waals surface area contributed by atoms with E-state index in [1.54, 1.807) is 30.5 Å². The third kappa shape index (κ3) is 4.86. The Labute approximate surface area is 164 Å². The van der Waals surface area contributed by atoms with E-state index in [-0.39, 0.29) is 24.0 Å². The van der Waals surface area contributed by atoms with Crippen LogP contribution in [0.2, 0.25) is 0 Å². The largest absolute Gasteiger partial charge is 0.364 e. The van der Waals surface area contributed by atoms with Gasteiger partial charge in [0, 0.05) is 36.1 Å². The highest BCUT2D eigenvalue weighted by Crippen LogP contribution is 2.24. The van der Waals surface area contributed by atoms with Crippen molar-refractivity contribution >= 4 is 23.3 Å². The summed E-state index contributed by atoms with van der Waals surface area (Å²) in [5.41, 5.74) is 8.57. The number of amides is 2. The van der Waals surface area contributed by atoms with Crippen LogP contribution in [0.15, 0.2) is 30.5 Å². The fraction of sp³-hybridized carbons (Fsp3) is 0.381. The zero-order valence-electron chi connectivity index (χ0n) is 16.2. The molecule has 148 valence electrons. The fourth-order valence-corrected chi connectivity index (χ4v) is 3.19. The van der Waals surface area contributed by atoms with E-state index >= 15 is 0 Å². The van der Waals surface area contributed by atoms with E-state index in [1.807, 2.05) is 13.8 Å². The van der Waals surface area contributed by atoms with Crippen molar-refractivity contribution in [2.45, 2.75) is 45.1 Å². The second-order valence-electron chi connectivity index (χ2n) is 7.93. The number of H-pyrrole nitrogens is 1. The average molecular weight is 382 g/mol. The van der Waals surface area contributed by atoms with Crippen molar-refractivity contribution in [1.82, 2.24) is 10.3 Å². The summed E-state index contributed by atoms with van der Waals surface area (Å²) in [4.78, 5) is 39.7. The number of nitrogens with one attached hydrogen (secondary N) is 3. The molecular weight excluding hydrogens is 356 g/mol. The number of aryl methyl sites for hydroxylation is 1. The normalized spacial score (nSPS) is 13.8. The van der Waals surface area contributed by atoms with Gasteiger partial charge in [-0.05, 0) is 44.4 Å². The number of Topliss-reactive ketones (excluding diaryl/α,β-unsaturated/α-hetero) is 1. The van der Waals surface area contributed by atoms with Gasteiger partial charge in [-0.3, -0.25) is 14.4 Å². The van der Waals surface area contributed by atoms with Gasteiger partial charge < -0.3 is 21.4 Å². The predicted octanol–water partition coefficient (Wildman–Crippen LogP) is 2.18. The second-order valence-corrected chi connectivity index (χ2v) is 7.93. The third-order valence-electron chi connectivity index (χ3n) is 4.63. The summed E-state index contributed by atoms with van der Waals surface area (Å²) in [6.07, 6.45) is 3.91. The molecule has 7 nitrogen and oxygen atoms in total. The lowest BCUT2D eigenvalue weighted by atomic mass is 9.93. The number of hydrogen-bond acceptors (Lipinski definition) is 4. The number of ketones is 1. The number of nitrogens with two attached hydrogens (primary N) is 1. The van der Waals surface area contributed by atoms with Crippen LogP contribution in [-0.2, 0) is 17.6 Å². The Bertz CT molecular complexity index is 891. The maximum absolute atomic E-state index is 12.6. The van der Waals surface area contributed by atoms with E-state index < -0.39 is 5.54 Å². The molecule has 1 aromatic heterocycles. The van der Waals surface area contributed by atoms with Crippen LogP contribution in [0.5, 0.6) is 0 Å². The molecule has 2 amide bonds. The third-order valence-corrected chi connectivity index (χ3v) is 4.63. The Kier molecular flexibility index (Phi) is 5.65. The van der Waals surface area contributed by atoms with Crippen LogP contribution < -0.4 is 16.4 Å². The van der Waals surface area contributed by atoms with Gasteiger partial charge in [-0.15, -0.1) is 0 Å². The van der Waals surface area contributed by atoms with Gasteiger partial charge in [0.1, 0.15) is 0 Å². The highest BCUT2D eigenvalue weighted by Gasteiger charge is 2.25. The topological polar surface area (TPSA) is 117 Å². The Balaban J connectivity index is 1.60. The van der Waals surface area contributed by atoms with Crippen LogP contribution in [-0.4, -0.2) is 34.7 Å². The van der Waals surface area contributed by atoms with Crippen LogP contribution in [0.25, 0.3) is 0 Å². The molecule has 1 aliphatic carbocycles. The van der Waals surface area contributed by atoms with E-state index in [9.17, 15) is 14.4 Å². The van der Waals surface area contributed by atoms with E-state index in [4.69, 9.17) is 5.73 Å². The van der Waals surface area contributed by atoms with E-state index in [1.165, 1.54) is 0 Å². The molecule has 0 spiro atoms. The van der Waals surface area contributed by atoms with Crippen molar-refractivity contribution in [3.05, 3.63) is 52.8 Å². The Morgan fingerprint density at radius 3 is 2.57 bits per heavy atom. The number of fused-ring (bicyclic) bond motifs is 1. The molecule has 7 heteroatoms. The maximum atomic E-state index is 12.6. The van der Waals surface area contributed by atoms with Gasteiger partial charge in [0.05, 0.1) is 17.5 Å². The van der Waals surface area contributed by atoms with E-state index in [0.29, 0.717) is 29.8 Å². The molecule has 3 rings (SSSR count). The van der Waals surface area contributed by atoms with Crippen LogP contribution in [0.4, 0.5) is 5.69 Å². The number of anilines is 1. The quantitative estimate of drug-likeness (QED) is 0.612. The maximum Gasteiger partial charge on any atom is 0.257 e. The van der Waals surface area contributed by atoms with Gasteiger partial charge in [0.25, 0.3) is 5.91 Å². The summed E-state index contributed by atoms with van der Waals surface area (Å²) in [7, 11) is 0. The van der Waals surface area contributed by atoms with Crippen molar-refractivity contribution in [2.75, 3.05) is 11.9 Å². The van der Waals surface area contributed by atoms with Crippen molar-refractivity contribution in [2.24, 2.45) is 5.73 Å².